The molecule has 0 aliphatic carbocycles. The zero-order valence-corrected chi connectivity index (χ0v) is 14.8. The van der Waals surface area contributed by atoms with Crippen molar-refractivity contribution in [2.24, 2.45) is 0 Å². The van der Waals surface area contributed by atoms with Crippen molar-refractivity contribution in [2.75, 3.05) is 44.2 Å². The van der Waals surface area contributed by atoms with Crippen molar-refractivity contribution in [3.8, 4) is 0 Å². The van der Waals surface area contributed by atoms with E-state index in [1.165, 1.54) is 30.5 Å². The topological polar surface area (TPSA) is 35.6 Å². The number of carbonyl (C=O) groups is 1. The van der Waals surface area contributed by atoms with Crippen LogP contribution in [0.5, 0.6) is 0 Å². The average molecular weight is 338 g/mol. The molecule has 128 valence electrons. The predicted molar refractivity (Wildman–Crippen MR) is 97.9 cm³/mol. The van der Waals surface area contributed by atoms with E-state index in [1.807, 2.05) is 11.0 Å². The van der Waals surface area contributed by atoms with Crippen LogP contribution in [0.3, 0.4) is 0 Å². The first-order valence-electron chi connectivity index (χ1n) is 8.67. The van der Waals surface area contributed by atoms with Crippen LogP contribution in [-0.4, -0.2) is 50.1 Å². The normalized spacial score (nSPS) is 17.7. The van der Waals surface area contributed by atoms with E-state index in [0.29, 0.717) is 0 Å². The van der Waals surface area contributed by atoms with E-state index in [0.717, 1.165) is 51.3 Å². The predicted octanol–water partition coefficient (Wildman–Crippen LogP) is 2.71. The summed E-state index contributed by atoms with van der Waals surface area (Å²) in [5.41, 5.74) is 3.43. The summed E-state index contributed by atoms with van der Waals surface area (Å²) in [7, 11) is 0. The van der Waals surface area contributed by atoms with Gasteiger partial charge in [0.2, 0.25) is 0 Å². The second kappa shape index (κ2) is 8.55. The van der Waals surface area contributed by atoms with Crippen LogP contribution in [0.4, 0.5) is 5.69 Å². The Balaban J connectivity index is 0.00000192. The number of benzene rings is 1. The van der Waals surface area contributed by atoms with E-state index in [1.54, 1.807) is 0 Å². The Morgan fingerprint density at radius 3 is 2.65 bits per heavy atom. The van der Waals surface area contributed by atoms with Gasteiger partial charge in [-0.25, -0.2) is 0 Å². The van der Waals surface area contributed by atoms with Crippen LogP contribution in [-0.2, 0) is 6.42 Å². The minimum Gasteiger partial charge on any atom is -0.372 e. The standard InChI is InChI=1S/C18H27N3O.ClH/c1-2-19-9-13-21-12-8-15-14-16(6-7-17(15)18(21)22)20-10-4-3-5-11-20;/h6-7,14,19H,2-5,8-13H2,1H3;1H. The molecule has 1 N–H and O–H groups in total. The molecule has 3 rings (SSSR count). The van der Waals surface area contributed by atoms with E-state index in [-0.39, 0.29) is 18.3 Å². The monoisotopic (exact) mass is 337 g/mol. The lowest BCUT2D eigenvalue weighted by molar-refractivity contribution is 0.0741. The highest BCUT2D eigenvalue weighted by molar-refractivity contribution is 5.97. The fraction of sp³-hybridized carbons (Fsp3) is 0.611. The van der Waals surface area contributed by atoms with Gasteiger partial charge >= 0.3 is 0 Å². The van der Waals surface area contributed by atoms with E-state index in [2.05, 4.69) is 29.3 Å². The number of nitrogens with one attached hydrogen (secondary N) is 1. The molecule has 4 nitrogen and oxygen atoms in total. The number of anilines is 1. The number of amides is 1. The minimum absolute atomic E-state index is 0. The van der Waals surface area contributed by atoms with Crippen molar-refractivity contribution >= 4 is 24.0 Å². The van der Waals surface area contributed by atoms with Crippen molar-refractivity contribution in [2.45, 2.75) is 32.6 Å². The van der Waals surface area contributed by atoms with Gasteiger partial charge in [0, 0.05) is 44.0 Å². The zero-order valence-electron chi connectivity index (χ0n) is 14.0. The van der Waals surface area contributed by atoms with Crippen LogP contribution in [0.15, 0.2) is 18.2 Å². The lowest BCUT2D eigenvalue weighted by atomic mass is 9.97. The number of carbonyl (C=O) groups excluding carboxylic acids is 1. The zero-order chi connectivity index (χ0) is 15.4. The Hall–Kier alpha value is -1.26. The fourth-order valence-electron chi connectivity index (χ4n) is 3.48. The third-order valence-corrected chi connectivity index (χ3v) is 4.79. The molecule has 5 heteroatoms. The van der Waals surface area contributed by atoms with Crippen molar-refractivity contribution in [3.63, 3.8) is 0 Å². The highest BCUT2D eigenvalue weighted by Gasteiger charge is 2.24. The SMILES string of the molecule is CCNCCN1CCc2cc(N3CCCCC3)ccc2C1=O.Cl. The number of likely N-dealkylation sites (N-methyl/N-ethyl adjacent to an activating group) is 1. The molecule has 1 aromatic carbocycles. The van der Waals surface area contributed by atoms with E-state index in [9.17, 15) is 4.79 Å². The second-order valence-electron chi connectivity index (χ2n) is 6.28. The maximum atomic E-state index is 12.6. The fourth-order valence-corrected chi connectivity index (χ4v) is 3.48. The van der Waals surface area contributed by atoms with Crippen molar-refractivity contribution in [1.29, 1.82) is 0 Å². The van der Waals surface area contributed by atoms with Gasteiger partial charge in [-0.2, -0.15) is 0 Å². The first-order valence-corrected chi connectivity index (χ1v) is 8.67. The van der Waals surface area contributed by atoms with E-state index < -0.39 is 0 Å². The molecule has 2 heterocycles. The van der Waals surface area contributed by atoms with Gasteiger partial charge in [0.05, 0.1) is 0 Å². The van der Waals surface area contributed by atoms with Crippen molar-refractivity contribution in [1.82, 2.24) is 10.2 Å². The Bertz CT molecular complexity index is 529. The van der Waals surface area contributed by atoms with Crippen LogP contribution in [0.2, 0.25) is 0 Å². The van der Waals surface area contributed by atoms with Crippen LogP contribution < -0.4 is 10.2 Å². The molecule has 0 saturated carbocycles. The summed E-state index contributed by atoms with van der Waals surface area (Å²) in [6.45, 7) is 7.89. The highest BCUT2D eigenvalue weighted by Crippen LogP contribution is 2.26. The van der Waals surface area contributed by atoms with Crippen LogP contribution in [0, 0.1) is 0 Å². The summed E-state index contributed by atoms with van der Waals surface area (Å²) in [6, 6.07) is 6.43. The third kappa shape index (κ3) is 4.18. The van der Waals surface area contributed by atoms with Gasteiger partial charge in [-0.15, -0.1) is 12.4 Å². The summed E-state index contributed by atoms with van der Waals surface area (Å²) in [5.74, 6) is 0.198. The van der Waals surface area contributed by atoms with Gasteiger partial charge in [-0.1, -0.05) is 6.92 Å². The smallest absolute Gasteiger partial charge is 0.254 e. The molecule has 23 heavy (non-hydrogen) atoms. The largest absolute Gasteiger partial charge is 0.372 e. The summed E-state index contributed by atoms with van der Waals surface area (Å²) in [6.07, 6.45) is 4.90. The summed E-state index contributed by atoms with van der Waals surface area (Å²) in [5, 5.41) is 3.29. The van der Waals surface area contributed by atoms with Gasteiger partial charge in [0.15, 0.2) is 0 Å². The molecule has 0 bridgehead atoms. The second-order valence-corrected chi connectivity index (χ2v) is 6.28. The minimum atomic E-state index is 0. The molecule has 0 aromatic heterocycles. The molecule has 1 amide bonds. The van der Waals surface area contributed by atoms with Gasteiger partial charge in [-0.05, 0) is 56.0 Å². The van der Waals surface area contributed by atoms with Crippen LogP contribution >= 0.6 is 12.4 Å². The highest BCUT2D eigenvalue weighted by atomic mass is 35.5. The number of hydrogen-bond acceptors (Lipinski definition) is 3. The number of nitrogens with zero attached hydrogens (tertiary/aromatic N) is 2. The first kappa shape index (κ1) is 18.1. The Morgan fingerprint density at radius 2 is 1.91 bits per heavy atom. The summed E-state index contributed by atoms with van der Waals surface area (Å²) in [4.78, 5) is 17.0. The molecule has 1 fully saturated rings. The molecule has 2 aliphatic heterocycles. The lowest BCUT2D eigenvalue weighted by Crippen LogP contribution is -2.41. The van der Waals surface area contributed by atoms with Gasteiger partial charge in [0.25, 0.3) is 5.91 Å². The quantitative estimate of drug-likeness (QED) is 0.839. The Kier molecular flexibility index (Phi) is 6.72. The third-order valence-electron chi connectivity index (χ3n) is 4.79. The molecule has 0 unspecified atom stereocenters. The number of rotatable bonds is 5. The van der Waals surface area contributed by atoms with Crippen LogP contribution in [0.25, 0.3) is 0 Å². The number of fused-ring (bicyclic) bond motifs is 1. The Morgan fingerprint density at radius 1 is 1.13 bits per heavy atom. The van der Waals surface area contributed by atoms with Gasteiger partial charge < -0.3 is 15.1 Å². The Labute approximate surface area is 145 Å². The maximum absolute atomic E-state index is 12.6. The molecule has 1 saturated heterocycles. The maximum Gasteiger partial charge on any atom is 0.254 e. The van der Waals surface area contributed by atoms with Gasteiger partial charge in [0.1, 0.15) is 0 Å². The molecular weight excluding hydrogens is 310 g/mol. The molecule has 2 aliphatic rings. The summed E-state index contributed by atoms with van der Waals surface area (Å²) >= 11 is 0. The molecule has 0 radical (unpaired) electrons. The van der Waals surface area contributed by atoms with E-state index in [4.69, 9.17) is 0 Å². The van der Waals surface area contributed by atoms with Crippen LogP contribution in [0.1, 0.15) is 42.1 Å². The molecule has 0 spiro atoms. The van der Waals surface area contributed by atoms with Gasteiger partial charge in [-0.3, -0.25) is 4.79 Å². The van der Waals surface area contributed by atoms with Crippen molar-refractivity contribution < 1.29 is 4.79 Å². The molecule has 0 atom stereocenters. The molecular formula is C18H28ClN3O. The number of piperidine rings is 1. The number of hydrogen-bond donors (Lipinski definition) is 1. The van der Waals surface area contributed by atoms with E-state index >= 15 is 0 Å². The lowest BCUT2D eigenvalue weighted by Gasteiger charge is -2.32. The average Bonchev–Trinajstić information content (AvgIpc) is 2.57. The van der Waals surface area contributed by atoms with Crippen molar-refractivity contribution in [3.05, 3.63) is 29.3 Å². The molecule has 1 aromatic rings. The number of halogens is 1. The first-order chi connectivity index (χ1) is 10.8. The summed E-state index contributed by atoms with van der Waals surface area (Å²) < 4.78 is 0.